The Morgan fingerprint density at radius 3 is 1.14 bits per heavy atom. The first kappa shape index (κ1) is 15.7. The molecule has 0 amide bonds. The standard InChI is InChI=1S/Ca.H2O4S.H2O/c;1-5(2,3)4;/h;(H2,1,2,3,4);1H2/q+2;;. The fourth-order valence-corrected chi connectivity index (χ4v) is 0. The van der Waals surface area contributed by atoms with E-state index in [9.17, 15) is 0 Å². The Hall–Kier alpha value is 1.09. The molecular weight excluding hydrogens is 152 g/mol. The van der Waals surface area contributed by atoms with Crippen LogP contribution >= 0.6 is 0 Å². The summed E-state index contributed by atoms with van der Waals surface area (Å²) in [5, 5.41) is 0. The molecule has 0 fully saturated rings. The molecular formula is H4CaO5S+2. The molecule has 0 aliphatic carbocycles. The van der Waals surface area contributed by atoms with Crippen molar-refractivity contribution in [1.29, 1.82) is 0 Å². The molecule has 0 atom stereocenters. The maximum Gasteiger partial charge on any atom is 2.00 e. The van der Waals surface area contributed by atoms with Gasteiger partial charge < -0.3 is 5.48 Å². The first-order valence-corrected chi connectivity index (χ1v) is 2.10. The van der Waals surface area contributed by atoms with Crippen LogP contribution in [0.15, 0.2) is 0 Å². The van der Waals surface area contributed by atoms with E-state index in [1.807, 2.05) is 0 Å². The van der Waals surface area contributed by atoms with Crippen LogP contribution in [0.3, 0.4) is 0 Å². The largest absolute Gasteiger partial charge is 2.00 e. The minimum Gasteiger partial charge on any atom is -0.412 e. The summed E-state index contributed by atoms with van der Waals surface area (Å²) < 4.78 is 31.6. The summed E-state index contributed by atoms with van der Waals surface area (Å²) in [4.78, 5) is 0. The molecule has 0 saturated carbocycles. The molecule has 0 aromatic rings. The first-order valence-electron chi connectivity index (χ1n) is 0.698. The summed E-state index contributed by atoms with van der Waals surface area (Å²) in [5.41, 5.74) is 0. The average Bonchev–Trinajstić information content (AvgIpc) is 0.722. The molecule has 0 heterocycles. The van der Waals surface area contributed by atoms with Crippen LogP contribution in [0, 0.1) is 0 Å². The second-order valence-electron chi connectivity index (χ2n) is 0.448. The zero-order chi connectivity index (χ0) is 4.50. The Balaban J connectivity index is -0.0000000800. The SMILES string of the molecule is O.O=S(=O)(O)O.[Ca+2]. The van der Waals surface area contributed by atoms with Gasteiger partial charge in [-0.05, 0) is 0 Å². The van der Waals surface area contributed by atoms with Gasteiger partial charge in [0.2, 0.25) is 0 Å². The molecule has 0 spiro atoms. The molecule has 0 aliphatic heterocycles. The van der Waals surface area contributed by atoms with Gasteiger partial charge >= 0.3 is 48.1 Å². The van der Waals surface area contributed by atoms with E-state index < -0.39 is 10.4 Å². The van der Waals surface area contributed by atoms with Gasteiger partial charge in [-0.3, -0.25) is 9.11 Å². The van der Waals surface area contributed by atoms with Gasteiger partial charge in [-0.25, -0.2) is 0 Å². The third-order valence-electron chi connectivity index (χ3n) is 0. The molecule has 0 rings (SSSR count). The van der Waals surface area contributed by atoms with E-state index in [4.69, 9.17) is 17.5 Å². The fraction of sp³-hybridized carbons (Fsp3) is 0. The average molecular weight is 156 g/mol. The molecule has 0 bridgehead atoms. The minimum atomic E-state index is -4.67. The molecule has 7 heteroatoms. The minimum absolute atomic E-state index is 0. The van der Waals surface area contributed by atoms with Gasteiger partial charge in [0.25, 0.3) is 0 Å². The van der Waals surface area contributed by atoms with E-state index in [1.165, 1.54) is 0 Å². The molecule has 40 valence electrons. The number of rotatable bonds is 0. The monoisotopic (exact) mass is 156 g/mol. The Morgan fingerprint density at radius 1 is 1.14 bits per heavy atom. The van der Waals surface area contributed by atoms with Gasteiger partial charge in [0.1, 0.15) is 0 Å². The van der Waals surface area contributed by atoms with Crippen LogP contribution in [0.25, 0.3) is 0 Å². The predicted octanol–water partition coefficient (Wildman–Crippen LogP) is -1.86. The quantitative estimate of drug-likeness (QED) is 0.317. The van der Waals surface area contributed by atoms with Crippen molar-refractivity contribution < 1.29 is 23.0 Å². The van der Waals surface area contributed by atoms with Crippen molar-refractivity contribution in [1.82, 2.24) is 0 Å². The molecule has 4 N–H and O–H groups in total. The van der Waals surface area contributed by atoms with Crippen LogP contribution < -0.4 is 0 Å². The Labute approximate surface area is 70.6 Å². The Bertz CT molecular complexity index is 91.2. The van der Waals surface area contributed by atoms with Crippen LogP contribution in [-0.4, -0.2) is 60.7 Å². The Morgan fingerprint density at radius 2 is 1.14 bits per heavy atom. The van der Waals surface area contributed by atoms with Crippen LogP contribution in [0.4, 0.5) is 0 Å². The molecule has 0 saturated heterocycles. The summed E-state index contributed by atoms with van der Waals surface area (Å²) in [6.07, 6.45) is 0. The predicted molar refractivity (Wildman–Crippen MR) is 23.5 cm³/mol. The summed E-state index contributed by atoms with van der Waals surface area (Å²) in [6.45, 7) is 0. The van der Waals surface area contributed by atoms with E-state index >= 15 is 0 Å². The molecule has 7 heavy (non-hydrogen) atoms. The van der Waals surface area contributed by atoms with Crippen LogP contribution in [-0.2, 0) is 10.4 Å². The van der Waals surface area contributed by atoms with Crippen molar-refractivity contribution in [2.75, 3.05) is 0 Å². The summed E-state index contributed by atoms with van der Waals surface area (Å²) in [6, 6.07) is 0. The topological polar surface area (TPSA) is 106 Å². The van der Waals surface area contributed by atoms with Gasteiger partial charge in [-0.15, -0.1) is 0 Å². The van der Waals surface area contributed by atoms with Crippen LogP contribution in [0.5, 0.6) is 0 Å². The van der Waals surface area contributed by atoms with Gasteiger partial charge in [-0.1, -0.05) is 0 Å². The van der Waals surface area contributed by atoms with Gasteiger partial charge in [0.15, 0.2) is 0 Å². The van der Waals surface area contributed by atoms with E-state index in [-0.39, 0.29) is 43.2 Å². The maximum absolute atomic E-state index is 8.74. The van der Waals surface area contributed by atoms with Crippen molar-refractivity contribution in [3.8, 4) is 0 Å². The summed E-state index contributed by atoms with van der Waals surface area (Å²) in [7, 11) is -4.67. The maximum atomic E-state index is 8.74. The van der Waals surface area contributed by atoms with Crippen molar-refractivity contribution in [3.63, 3.8) is 0 Å². The van der Waals surface area contributed by atoms with E-state index in [0.717, 1.165) is 0 Å². The smallest absolute Gasteiger partial charge is 0.412 e. The van der Waals surface area contributed by atoms with Crippen molar-refractivity contribution >= 4 is 48.1 Å². The normalized spacial score (nSPS) is 8.29. The van der Waals surface area contributed by atoms with Gasteiger partial charge in [-0.2, -0.15) is 8.42 Å². The van der Waals surface area contributed by atoms with E-state index in [0.29, 0.717) is 0 Å². The summed E-state index contributed by atoms with van der Waals surface area (Å²) in [5.74, 6) is 0. The van der Waals surface area contributed by atoms with E-state index in [2.05, 4.69) is 0 Å². The van der Waals surface area contributed by atoms with Gasteiger partial charge in [0, 0.05) is 0 Å². The van der Waals surface area contributed by atoms with Gasteiger partial charge in [0.05, 0.1) is 0 Å². The third-order valence-corrected chi connectivity index (χ3v) is 0. The molecule has 0 radical (unpaired) electrons. The van der Waals surface area contributed by atoms with Crippen LogP contribution in [0.1, 0.15) is 0 Å². The number of hydrogen-bond donors (Lipinski definition) is 2. The number of hydrogen-bond acceptors (Lipinski definition) is 2. The molecule has 0 aromatic heterocycles. The fourth-order valence-electron chi connectivity index (χ4n) is 0. The van der Waals surface area contributed by atoms with E-state index in [1.54, 1.807) is 0 Å². The second-order valence-corrected chi connectivity index (χ2v) is 1.34. The zero-order valence-corrected chi connectivity index (χ0v) is 6.35. The summed E-state index contributed by atoms with van der Waals surface area (Å²) >= 11 is 0. The second kappa shape index (κ2) is 5.23. The van der Waals surface area contributed by atoms with Crippen molar-refractivity contribution in [3.05, 3.63) is 0 Å². The molecule has 0 aromatic carbocycles. The molecule has 0 unspecified atom stereocenters. The van der Waals surface area contributed by atoms with Crippen LogP contribution in [0.2, 0.25) is 0 Å². The third kappa shape index (κ3) is 155. The zero-order valence-electron chi connectivity index (χ0n) is 3.33. The van der Waals surface area contributed by atoms with Crippen molar-refractivity contribution in [2.45, 2.75) is 0 Å². The first-order chi connectivity index (χ1) is 2.00. The Kier molecular flexibility index (Phi) is 11.7. The molecule has 5 nitrogen and oxygen atoms in total. The van der Waals surface area contributed by atoms with Crippen molar-refractivity contribution in [2.24, 2.45) is 0 Å². The molecule has 0 aliphatic rings.